The third-order valence-corrected chi connectivity index (χ3v) is 5.79. The van der Waals surface area contributed by atoms with Gasteiger partial charge in [0, 0.05) is 25.9 Å². The quantitative estimate of drug-likeness (QED) is 0.843. The number of hydrogen-bond acceptors (Lipinski definition) is 3. The molecule has 0 unspecified atom stereocenters. The van der Waals surface area contributed by atoms with E-state index in [1.54, 1.807) is 0 Å². The van der Waals surface area contributed by atoms with Gasteiger partial charge in [-0.05, 0) is 30.9 Å². The van der Waals surface area contributed by atoms with Crippen LogP contribution in [0.15, 0.2) is 30.3 Å². The summed E-state index contributed by atoms with van der Waals surface area (Å²) in [5, 5.41) is 3.00. The van der Waals surface area contributed by atoms with Crippen LogP contribution in [0.1, 0.15) is 50.5 Å². The second-order valence-electron chi connectivity index (χ2n) is 7.55. The number of amides is 2. The standard InChI is InChI=1S/C20H29N3O2.ClH/c1-15(24)22-20(10-6-3-7-11-20)19(25)23-13-17(12-21)18(14-23)16-8-4-2-5-9-16;/h2,4-5,8-9,17-18H,3,6-7,10-14,21H2,1H3,(H,22,24);1H/t17-,18+;/m1./s1. The first-order valence-corrected chi connectivity index (χ1v) is 9.39. The van der Waals surface area contributed by atoms with Crippen LogP contribution in [0.4, 0.5) is 0 Å². The largest absolute Gasteiger partial charge is 0.342 e. The van der Waals surface area contributed by atoms with Gasteiger partial charge < -0.3 is 16.0 Å². The molecular formula is C20H30ClN3O2. The van der Waals surface area contributed by atoms with E-state index in [-0.39, 0.29) is 36.1 Å². The van der Waals surface area contributed by atoms with Crippen molar-refractivity contribution in [3.63, 3.8) is 0 Å². The lowest BCUT2D eigenvalue weighted by Gasteiger charge is -2.39. The molecule has 1 saturated carbocycles. The predicted molar refractivity (Wildman–Crippen MR) is 105 cm³/mol. The Balaban J connectivity index is 0.00000243. The molecule has 2 amide bonds. The second kappa shape index (κ2) is 8.87. The number of halogens is 1. The first kappa shape index (κ1) is 20.7. The van der Waals surface area contributed by atoms with E-state index in [2.05, 4.69) is 17.4 Å². The topological polar surface area (TPSA) is 75.4 Å². The molecule has 6 heteroatoms. The van der Waals surface area contributed by atoms with E-state index in [9.17, 15) is 9.59 Å². The van der Waals surface area contributed by atoms with E-state index in [0.29, 0.717) is 19.6 Å². The van der Waals surface area contributed by atoms with Gasteiger partial charge in [-0.15, -0.1) is 12.4 Å². The van der Waals surface area contributed by atoms with Crippen LogP contribution in [-0.2, 0) is 9.59 Å². The highest BCUT2D eigenvalue weighted by Gasteiger charge is 2.46. The third kappa shape index (κ3) is 4.21. The molecule has 5 nitrogen and oxygen atoms in total. The molecule has 26 heavy (non-hydrogen) atoms. The van der Waals surface area contributed by atoms with Crippen molar-refractivity contribution >= 4 is 24.2 Å². The lowest BCUT2D eigenvalue weighted by atomic mass is 9.80. The number of likely N-dealkylation sites (tertiary alicyclic amines) is 1. The van der Waals surface area contributed by atoms with Crippen LogP contribution < -0.4 is 11.1 Å². The van der Waals surface area contributed by atoms with Crippen LogP contribution in [0, 0.1) is 5.92 Å². The molecule has 1 heterocycles. The predicted octanol–water partition coefficient (Wildman–Crippen LogP) is 2.45. The van der Waals surface area contributed by atoms with Gasteiger partial charge in [-0.3, -0.25) is 9.59 Å². The van der Waals surface area contributed by atoms with Gasteiger partial charge >= 0.3 is 0 Å². The van der Waals surface area contributed by atoms with E-state index in [1.807, 2.05) is 23.1 Å². The Hall–Kier alpha value is -1.59. The molecule has 1 aliphatic heterocycles. The SMILES string of the molecule is CC(=O)NC1(C(=O)N2C[C@@H](CN)[C@H](c3ccccc3)C2)CCCCC1.Cl. The van der Waals surface area contributed by atoms with Gasteiger partial charge in [-0.2, -0.15) is 0 Å². The summed E-state index contributed by atoms with van der Waals surface area (Å²) in [6.07, 6.45) is 4.59. The zero-order valence-corrected chi connectivity index (χ0v) is 16.3. The molecule has 0 aromatic heterocycles. The highest BCUT2D eigenvalue weighted by Crippen LogP contribution is 2.36. The lowest BCUT2D eigenvalue weighted by molar-refractivity contribution is -0.142. The molecule has 0 radical (unpaired) electrons. The Labute approximate surface area is 162 Å². The minimum atomic E-state index is -0.713. The molecule has 0 bridgehead atoms. The molecule has 1 aliphatic carbocycles. The van der Waals surface area contributed by atoms with Crippen molar-refractivity contribution in [2.45, 2.75) is 50.5 Å². The first-order chi connectivity index (χ1) is 12.1. The van der Waals surface area contributed by atoms with E-state index < -0.39 is 5.54 Å². The molecule has 0 spiro atoms. The number of benzene rings is 1. The summed E-state index contributed by atoms with van der Waals surface area (Å²) in [5.41, 5.74) is 6.54. The molecular weight excluding hydrogens is 350 g/mol. The number of rotatable bonds is 4. The number of hydrogen-bond donors (Lipinski definition) is 2. The second-order valence-corrected chi connectivity index (χ2v) is 7.55. The van der Waals surface area contributed by atoms with E-state index in [4.69, 9.17) is 5.73 Å². The molecule has 1 aromatic rings. The Bertz CT molecular complexity index is 617. The zero-order chi connectivity index (χ0) is 17.9. The van der Waals surface area contributed by atoms with Gasteiger partial charge in [0.2, 0.25) is 11.8 Å². The van der Waals surface area contributed by atoms with Crippen molar-refractivity contribution in [3.05, 3.63) is 35.9 Å². The fraction of sp³-hybridized carbons (Fsp3) is 0.600. The van der Waals surface area contributed by atoms with Gasteiger partial charge in [0.25, 0.3) is 0 Å². The van der Waals surface area contributed by atoms with Crippen LogP contribution in [0.5, 0.6) is 0 Å². The number of carbonyl (C=O) groups is 2. The maximum absolute atomic E-state index is 13.4. The Morgan fingerprint density at radius 3 is 2.38 bits per heavy atom. The van der Waals surface area contributed by atoms with Gasteiger partial charge in [0.1, 0.15) is 5.54 Å². The van der Waals surface area contributed by atoms with Crippen LogP contribution in [0.25, 0.3) is 0 Å². The van der Waals surface area contributed by atoms with Crippen molar-refractivity contribution in [1.82, 2.24) is 10.2 Å². The summed E-state index contributed by atoms with van der Waals surface area (Å²) in [6.45, 7) is 3.43. The Kier molecular flexibility index (Phi) is 7.07. The zero-order valence-electron chi connectivity index (χ0n) is 15.4. The summed E-state index contributed by atoms with van der Waals surface area (Å²) in [6, 6.07) is 10.3. The van der Waals surface area contributed by atoms with Gasteiger partial charge in [0.15, 0.2) is 0 Å². The van der Waals surface area contributed by atoms with Crippen LogP contribution >= 0.6 is 12.4 Å². The summed E-state index contributed by atoms with van der Waals surface area (Å²) < 4.78 is 0. The average Bonchev–Trinajstić information content (AvgIpc) is 3.06. The maximum Gasteiger partial charge on any atom is 0.248 e. The monoisotopic (exact) mass is 379 g/mol. The first-order valence-electron chi connectivity index (χ1n) is 9.39. The lowest BCUT2D eigenvalue weighted by Crippen LogP contribution is -2.60. The minimum absolute atomic E-state index is 0. The average molecular weight is 380 g/mol. The summed E-state index contributed by atoms with van der Waals surface area (Å²) in [5.74, 6) is 0.501. The molecule has 1 aromatic carbocycles. The molecule has 144 valence electrons. The summed E-state index contributed by atoms with van der Waals surface area (Å²) in [4.78, 5) is 27.0. The van der Waals surface area contributed by atoms with Crippen molar-refractivity contribution in [2.24, 2.45) is 11.7 Å². The van der Waals surface area contributed by atoms with E-state index in [0.717, 1.165) is 32.1 Å². The van der Waals surface area contributed by atoms with E-state index >= 15 is 0 Å². The highest BCUT2D eigenvalue weighted by molar-refractivity contribution is 5.91. The Morgan fingerprint density at radius 1 is 1.15 bits per heavy atom. The van der Waals surface area contributed by atoms with Crippen molar-refractivity contribution < 1.29 is 9.59 Å². The third-order valence-electron chi connectivity index (χ3n) is 5.79. The molecule has 2 fully saturated rings. The molecule has 1 saturated heterocycles. The van der Waals surface area contributed by atoms with Gasteiger partial charge in [-0.25, -0.2) is 0 Å². The maximum atomic E-state index is 13.4. The summed E-state index contributed by atoms with van der Waals surface area (Å²) >= 11 is 0. The smallest absolute Gasteiger partial charge is 0.248 e. The fourth-order valence-electron chi connectivity index (χ4n) is 4.54. The van der Waals surface area contributed by atoms with Crippen LogP contribution in [0.3, 0.4) is 0 Å². The van der Waals surface area contributed by atoms with Crippen LogP contribution in [0.2, 0.25) is 0 Å². The number of nitrogens with zero attached hydrogens (tertiary/aromatic N) is 1. The number of nitrogens with one attached hydrogen (secondary N) is 1. The highest BCUT2D eigenvalue weighted by atomic mass is 35.5. The fourth-order valence-corrected chi connectivity index (χ4v) is 4.54. The molecule has 2 atom stereocenters. The van der Waals surface area contributed by atoms with Crippen LogP contribution in [-0.4, -0.2) is 41.9 Å². The molecule has 3 N–H and O–H groups in total. The van der Waals surface area contributed by atoms with Gasteiger partial charge in [0.05, 0.1) is 0 Å². The van der Waals surface area contributed by atoms with Crippen molar-refractivity contribution in [2.75, 3.05) is 19.6 Å². The van der Waals surface area contributed by atoms with Crippen molar-refractivity contribution in [3.8, 4) is 0 Å². The van der Waals surface area contributed by atoms with E-state index in [1.165, 1.54) is 12.5 Å². The summed E-state index contributed by atoms with van der Waals surface area (Å²) in [7, 11) is 0. The molecule has 3 rings (SSSR count). The van der Waals surface area contributed by atoms with Gasteiger partial charge in [-0.1, -0.05) is 49.6 Å². The van der Waals surface area contributed by atoms with Crippen molar-refractivity contribution in [1.29, 1.82) is 0 Å². The Morgan fingerprint density at radius 2 is 1.81 bits per heavy atom. The minimum Gasteiger partial charge on any atom is -0.342 e. The molecule has 2 aliphatic rings. The normalized spacial score (nSPS) is 24.6. The number of carbonyl (C=O) groups excluding carboxylic acids is 2. The number of nitrogens with two attached hydrogens (primary N) is 1.